The molecular weight excluding hydrogens is 412 g/mol. The summed E-state index contributed by atoms with van der Waals surface area (Å²) in [7, 11) is -3.56. The van der Waals surface area contributed by atoms with Gasteiger partial charge in [0, 0.05) is 26.2 Å². The Kier molecular flexibility index (Phi) is 7.06. The number of ether oxygens (including phenoxy) is 1. The van der Waals surface area contributed by atoms with Crippen molar-refractivity contribution < 1.29 is 17.9 Å². The SMILES string of the molecule is Cc1ccc(C(C)C)c(OCC(=O)N2CCN(S(=O)(=O)c3ccc(C)c(C)c3)CC2)c1. The molecule has 3 rings (SSSR count). The second-order valence-corrected chi connectivity index (χ2v) is 10.5. The Balaban J connectivity index is 1.60. The van der Waals surface area contributed by atoms with Crippen LogP contribution < -0.4 is 4.74 Å². The maximum atomic E-state index is 13.0. The predicted octanol–water partition coefficient (Wildman–Crippen LogP) is 3.65. The highest BCUT2D eigenvalue weighted by atomic mass is 32.2. The van der Waals surface area contributed by atoms with Crippen molar-refractivity contribution >= 4 is 15.9 Å². The standard InChI is InChI=1S/C24H32N2O4S/c1-17(2)22-9-6-18(3)14-23(22)30-16-24(27)25-10-12-26(13-11-25)31(28,29)21-8-7-19(4)20(5)15-21/h6-9,14-15,17H,10-13,16H2,1-5H3. The van der Waals surface area contributed by atoms with Crippen molar-refractivity contribution in [3.8, 4) is 5.75 Å². The van der Waals surface area contributed by atoms with Crippen LogP contribution in [0.5, 0.6) is 5.75 Å². The summed E-state index contributed by atoms with van der Waals surface area (Å²) in [5.74, 6) is 0.906. The Morgan fingerprint density at radius 2 is 1.65 bits per heavy atom. The molecule has 0 aliphatic carbocycles. The fraction of sp³-hybridized carbons (Fsp3) is 0.458. The van der Waals surface area contributed by atoms with Crippen molar-refractivity contribution in [3.05, 3.63) is 58.7 Å². The third-order valence-corrected chi connectivity index (χ3v) is 7.74. The molecule has 2 aromatic rings. The van der Waals surface area contributed by atoms with E-state index in [4.69, 9.17) is 4.74 Å². The van der Waals surface area contributed by atoms with Crippen LogP contribution in [0, 0.1) is 20.8 Å². The quantitative estimate of drug-likeness (QED) is 0.682. The molecule has 7 heteroatoms. The molecule has 0 saturated carbocycles. The number of benzene rings is 2. The number of piperazine rings is 1. The minimum absolute atomic E-state index is 0.0485. The molecule has 1 saturated heterocycles. The fourth-order valence-corrected chi connectivity index (χ4v) is 5.18. The molecule has 0 aromatic heterocycles. The number of amides is 1. The molecule has 0 spiro atoms. The molecule has 6 nitrogen and oxygen atoms in total. The largest absolute Gasteiger partial charge is 0.483 e. The third kappa shape index (κ3) is 5.28. The number of sulfonamides is 1. The highest BCUT2D eigenvalue weighted by Gasteiger charge is 2.30. The Morgan fingerprint density at radius 3 is 2.26 bits per heavy atom. The van der Waals surface area contributed by atoms with E-state index in [1.54, 1.807) is 17.0 Å². The molecule has 2 aromatic carbocycles. The number of hydrogen-bond donors (Lipinski definition) is 0. The zero-order chi connectivity index (χ0) is 22.8. The number of hydrogen-bond acceptors (Lipinski definition) is 4. The molecule has 0 atom stereocenters. The van der Waals surface area contributed by atoms with Gasteiger partial charge in [0.05, 0.1) is 4.90 Å². The van der Waals surface area contributed by atoms with Crippen LogP contribution in [0.25, 0.3) is 0 Å². The van der Waals surface area contributed by atoms with E-state index in [0.717, 1.165) is 28.0 Å². The molecule has 1 aliphatic heterocycles. The first-order valence-corrected chi connectivity index (χ1v) is 12.1. The zero-order valence-electron chi connectivity index (χ0n) is 19.0. The normalized spacial score (nSPS) is 15.4. The summed E-state index contributed by atoms with van der Waals surface area (Å²) >= 11 is 0. The summed E-state index contributed by atoms with van der Waals surface area (Å²) in [6.45, 7) is 11.3. The lowest BCUT2D eigenvalue weighted by Crippen LogP contribution is -2.51. The summed E-state index contributed by atoms with van der Waals surface area (Å²) in [4.78, 5) is 14.7. The van der Waals surface area contributed by atoms with Gasteiger partial charge in [-0.15, -0.1) is 0 Å². The minimum atomic E-state index is -3.56. The van der Waals surface area contributed by atoms with Gasteiger partial charge in [0.2, 0.25) is 10.0 Å². The van der Waals surface area contributed by atoms with Crippen LogP contribution in [0.15, 0.2) is 41.3 Å². The molecule has 0 unspecified atom stereocenters. The zero-order valence-corrected chi connectivity index (χ0v) is 19.8. The molecule has 1 heterocycles. The number of carbonyl (C=O) groups is 1. The summed E-state index contributed by atoms with van der Waals surface area (Å²) in [6, 6.07) is 11.2. The van der Waals surface area contributed by atoms with Crippen molar-refractivity contribution in [1.29, 1.82) is 0 Å². The van der Waals surface area contributed by atoms with Crippen molar-refractivity contribution in [2.24, 2.45) is 0 Å². The average molecular weight is 445 g/mol. The van der Waals surface area contributed by atoms with Crippen molar-refractivity contribution in [2.75, 3.05) is 32.8 Å². The van der Waals surface area contributed by atoms with Gasteiger partial charge in [-0.1, -0.05) is 32.0 Å². The highest BCUT2D eigenvalue weighted by molar-refractivity contribution is 7.89. The molecule has 1 amide bonds. The van der Waals surface area contributed by atoms with Crippen LogP contribution in [0.2, 0.25) is 0 Å². The summed E-state index contributed by atoms with van der Waals surface area (Å²) < 4.78 is 33.3. The molecule has 31 heavy (non-hydrogen) atoms. The highest BCUT2D eigenvalue weighted by Crippen LogP contribution is 2.27. The first-order valence-electron chi connectivity index (χ1n) is 10.7. The Labute approximate surface area is 185 Å². The van der Waals surface area contributed by atoms with Gasteiger partial charge in [0.1, 0.15) is 5.75 Å². The van der Waals surface area contributed by atoms with Crippen LogP contribution in [-0.2, 0) is 14.8 Å². The van der Waals surface area contributed by atoms with Gasteiger partial charge in [-0.3, -0.25) is 4.79 Å². The van der Waals surface area contributed by atoms with E-state index >= 15 is 0 Å². The molecule has 0 bridgehead atoms. The maximum Gasteiger partial charge on any atom is 0.260 e. The van der Waals surface area contributed by atoms with Gasteiger partial charge in [0.25, 0.3) is 5.91 Å². The predicted molar refractivity (Wildman–Crippen MR) is 122 cm³/mol. The minimum Gasteiger partial charge on any atom is -0.483 e. The fourth-order valence-electron chi connectivity index (χ4n) is 3.68. The van der Waals surface area contributed by atoms with Crippen LogP contribution in [0.3, 0.4) is 0 Å². The van der Waals surface area contributed by atoms with E-state index in [1.165, 1.54) is 4.31 Å². The van der Waals surface area contributed by atoms with Gasteiger partial charge in [-0.2, -0.15) is 4.31 Å². The Bertz CT molecular complexity index is 1060. The van der Waals surface area contributed by atoms with Crippen LogP contribution in [0.1, 0.15) is 42.0 Å². The van der Waals surface area contributed by atoms with Gasteiger partial charge in [-0.05, 0) is 67.1 Å². The Hall–Kier alpha value is -2.38. The second-order valence-electron chi connectivity index (χ2n) is 8.52. The lowest BCUT2D eigenvalue weighted by Gasteiger charge is -2.34. The topological polar surface area (TPSA) is 66.9 Å². The Morgan fingerprint density at radius 1 is 0.968 bits per heavy atom. The first kappa shape index (κ1) is 23.3. The van der Waals surface area contributed by atoms with Gasteiger partial charge in [-0.25, -0.2) is 8.42 Å². The van der Waals surface area contributed by atoms with Crippen LogP contribution in [-0.4, -0.2) is 56.3 Å². The summed E-state index contributed by atoms with van der Waals surface area (Å²) in [6.07, 6.45) is 0. The van der Waals surface area contributed by atoms with Crippen molar-refractivity contribution in [1.82, 2.24) is 9.21 Å². The van der Waals surface area contributed by atoms with E-state index in [-0.39, 0.29) is 25.6 Å². The lowest BCUT2D eigenvalue weighted by molar-refractivity contribution is -0.134. The summed E-state index contributed by atoms with van der Waals surface area (Å²) in [5.41, 5.74) is 4.16. The van der Waals surface area contributed by atoms with E-state index in [1.807, 2.05) is 45.0 Å². The van der Waals surface area contributed by atoms with Crippen molar-refractivity contribution in [3.63, 3.8) is 0 Å². The molecule has 0 radical (unpaired) electrons. The average Bonchev–Trinajstić information content (AvgIpc) is 2.73. The van der Waals surface area contributed by atoms with E-state index in [2.05, 4.69) is 13.8 Å². The molecule has 168 valence electrons. The number of rotatable bonds is 6. The number of nitrogens with zero attached hydrogens (tertiary/aromatic N) is 2. The van der Waals surface area contributed by atoms with E-state index in [9.17, 15) is 13.2 Å². The van der Waals surface area contributed by atoms with Crippen molar-refractivity contribution in [2.45, 2.75) is 45.4 Å². The van der Waals surface area contributed by atoms with E-state index < -0.39 is 10.0 Å². The first-order chi connectivity index (χ1) is 14.6. The maximum absolute atomic E-state index is 13.0. The summed E-state index contributed by atoms with van der Waals surface area (Å²) in [5, 5.41) is 0. The van der Waals surface area contributed by atoms with Gasteiger partial charge in [0.15, 0.2) is 6.61 Å². The number of aryl methyl sites for hydroxylation is 3. The lowest BCUT2D eigenvalue weighted by atomic mass is 10.0. The van der Waals surface area contributed by atoms with E-state index in [0.29, 0.717) is 23.9 Å². The smallest absolute Gasteiger partial charge is 0.260 e. The molecule has 1 aliphatic rings. The van der Waals surface area contributed by atoms with Gasteiger partial charge < -0.3 is 9.64 Å². The second kappa shape index (κ2) is 9.40. The molecule has 0 N–H and O–H groups in total. The van der Waals surface area contributed by atoms with Crippen LogP contribution in [0.4, 0.5) is 0 Å². The van der Waals surface area contributed by atoms with Crippen LogP contribution >= 0.6 is 0 Å². The molecular formula is C24H32N2O4S. The monoisotopic (exact) mass is 444 g/mol. The third-order valence-electron chi connectivity index (χ3n) is 5.85. The van der Waals surface area contributed by atoms with Gasteiger partial charge >= 0.3 is 0 Å². The molecule has 1 fully saturated rings. The number of carbonyl (C=O) groups excluding carboxylic acids is 1.